The molecule has 1 N–H and O–H groups in total. The molecule has 0 radical (unpaired) electrons. The van der Waals surface area contributed by atoms with Crippen molar-refractivity contribution in [1.29, 1.82) is 0 Å². The van der Waals surface area contributed by atoms with Crippen LogP contribution in [-0.4, -0.2) is 12.7 Å². The Labute approximate surface area is 94.6 Å². The topological polar surface area (TPSA) is 38.3 Å². The van der Waals surface area contributed by atoms with Crippen molar-refractivity contribution >= 4 is 11.8 Å². The summed E-state index contributed by atoms with van der Waals surface area (Å²) in [5, 5.41) is 2.52. The van der Waals surface area contributed by atoms with Crippen molar-refractivity contribution in [2.75, 3.05) is 11.9 Å². The Morgan fingerprint density at radius 1 is 1.31 bits per heavy atom. The molecule has 0 unspecified atom stereocenters. The lowest BCUT2D eigenvalue weighted by Gasteiger charge is -2.06. The average Bonchev–Trinajstić information content (AvgIpc) is 2.28. The fourth-order valence-corrected chi connectivity index (χ4v) is 1.20. The summed E-state index contributed by atoms with van der Waals surface area (Å²) >= 11 is 0. The van der Waals surface area contributed by atoms with Crippen molar-refractivity contribution in [3.8, 4) is 0 Å². The molecule has 3 nitrogen and oxygen atoms in total. The van der Waals surface area contributed by atoms with Gasteiger partial charge in [-0.05, 0) is 30.7 Å². The highest BCUT2D eigenvalue weighted by molar-refractivity contribution is 5.84. The minimum absolute atomic E-state index is 0.332. The zero-order valence-electron chi connectivity index (χ0n) is 9.33. The van der Waals surface area contributed by atoms with E-state index in [-0.39, 0.29) is 5.82 Å². The molecule has 0 heterocycles. The molecule has 0 aliphatic carbocycles. The number of ether oxygens (including phenoxy) is 1. The number of hydrogen-bond donors (Lipinski definition) is 1. The van der Waals surface area contributed by atoms with Crippen LogP contribution in [-0.2, 0) is 4.74 Å². The van der Waals surface area contributed by atoms with Crippen LogP contribution in [0, 0.1) is 5.82 Å². The number of halogens is 1. The van der Waals surface area contributed by atoms with Gasteiger partial charge in [-0.3, -0.25) is 5.32 Å². The van der Waals surface area contributed by atoms with Crippen molar-refractivity contribution in [3.63, 3.8) is 0 Å². The maximum Gasteiger partial charge on any atom is 0.411 e. The predicted molar refractivity (Wildman–Crippen MR) is 60.9 cm³/mol. The highest BCUT2D eigenvalue weighted by Crippen LogP contribution is 2.08. The number of benzene rings is 1. The van der Waals surface area contributed by atoms with Crippen LogP contribution in [0.5, 0.6) is 0 Å². The van der Waals surface area contributed by atoms with Gasteiger partial charge < -0.3 is 4.74 Å². The van der Waals surface area contributed by atoms with E-state index >= 15 is 0 Å². The van der Waals surface area contributed by atoms with Crippen molar-refractivity contribution in [2.45, 2.75) is 26.2 Å². The van der Waals surface area contributed by atoms with E-state index < -0.39 is 6.09 Å². The normalized spacial score (nSPS) is 9.88. The largest absolute Gasteiger partial charge is 0.449 e. The van der Waals surface area contributed by atoms with Gasteiger partial charge in [-0.1, -0.05) is 19.8 Å². The first-order valence-corrected chi connectivity index (χ1v) is 5.41. The molecule has 4 heteroatoms. The van der Waals surface area contributed by atoms with Gasteiger partial charge >= 0.3 is 6.09 Å². The third-order valence-corrected chi connectivity index (χ3v) is 2.07. The second-order valence-corrected chi connectivity index (χ2v) is 3.47. The first-order chi connectivity index (χ1) is 7.72. The summed E-state index contributed by atoms with van der Waals surface area (Å²) in [6.07, 6.45) is 2.50. The molecule has 16 heavy (non-hydrogen) atoms. The zero-order valence-corrected chi connectivity index (χ0v) is 9.33. The average molecular weight is 225 g/mol. The molecule has 0 aliphatic rings. The maximum atomic E-state index is 12.6. The van der Waals surface area contributed by atoms with Gasteiger partial charge in [0.2, 0.25) is 0 Å². The molecule has 1 amide bonds. The summed E-state index contributed by atoms with van der Waals surface area (Å²) in [6, 6.07) is 5.55. The fourth-order valence-electron chi connectivity index (χ4n) is 1.20. The van der Waals surface area contributed by atoms with Crippen LogP contribution in [0.1, 0.15) is 26.2 Å². The molecule has 1 rings (SSSR count). The molecular formula is C12H16FNO2. The van der Waals surface area contributed by atoms with E-state index in [9.17, 15) is 9.18 Å². The number of anilines is 1. The monoisotopic (exact) mass is 225 g/mol. The summed E-state index contributed by atoms with van der Waals surface area (Å²) in [7, 11) is 0. The number of nitrogens with one attached hydrogen (secondary N) is 1. The molecule has 0 bridgehead atoms. The number of hydrogen-bond acceptors (Lipinski definition) is 2. The fraction of sp³-hybridized carbons (Fsp3) is 0.417. The first kappa shape index (κ1) is 12.5. The lowest BCUT2D eigenvalue weighted by atomic mass is 10.3. The molecule has 88 valence electrons. The number of rotatable bonds is 5. The Morgan fingerprint density at radius 2 is 2.00 bits per heavy atom. The van der Waals surface area contributed by atoms with Crippen LogP contribution in [0.15, 0.2) is 24.3 Å². The molecular weight excluding hydrogens is 209 g/mol. The maximum absolute atomic E-state index is 12.6. The van der Waals surface area contributed by atoms with Crippen LogP contribution in [0.3, 0.4) is 0 Å². The summed E-state index contributed by atoms with van der Waals surface area (Å²) in [6.45, 7) is 2.50. The summed E-state index contributed by atoms with van der Waals surface area (Å²) in [4.78, 5) is 11.2. The minimum atomic E-state index is -0.497. The van der Waals surface area contributed by atoms with Crippen molar-refractivity contribution in [1.82, 2.24) is 0 Å². The van der Waals surface area contributed by atoms with Gasteiger partial charge in [-0.2, -0.15) is 0 Å². The molecule has 0 fully saturated rings. The Morgan fingerprint density at radius 3 is 2.62 bits per heavy atom. The van der Waals surface area contributed by atoms with Gasteiger partial charge in [0, 0.05) is 5.69 Å². The zero-order chi connectivity index (χ0) is 11.8. The van der Waals surface area contributed by atoms with E-state index in [1.165, 1.54) is 24.3 Å². The Hall–Kier alpha value is -1.58. The van der Waals surface area contributed by atoms with Crippen molar-refractivity contribution in [2.24, 2.45) is 0 Å². The standard InChI is InChI=1S/C12H16FNO2/c1-2-3-4-9-16-12(15)14-11-7-5-10(13)6-8-11/h5-8H,2-4,9H2,1H3,(H,14,15). The minimum Gasteiger partial charge on any atom is -0.449 e. The second kappa shape index (κ2) is 6.82. The summed E-state index contributed by atoms with van der Waals surface area (Å²) in [5.74, 6) is -0.332. The second-order valence-electron chi connectivity index (χ2n) is 3.47. The van der Waals surface area contributed by atoms with Crippen LogP contribution >= 0.6 is 0 Å². The number of amides is 1. The Bertz CT molecular complexity index is 324. The van der Waals surface area contributed by atoms with Crippen LogP contribution < -0.4 is 5.32 Å². The molecule has 0 spiro atoms. The van der Waals surface area contributed by atoms with Gasteiger partial charge in [-0.25, -0.2) is 9.18 Å². The number of carbonyl (C=O) groups excluding carboxylic acids is 1. The molecule has 1 aromatic rings. The van der Waals surface area contributed by atoms with Crippen LogP contribution in [0.4, 0.5) is 14.9 Å². The van der Waals surface area contributed by atoms with E-state index in [2.05, 4.69) is 12.2 Å². The summed E-state index contributed by atoms with van der Waals surface area (Å²) < 4.78 is 17.5. The third kappa shape index (κ3) is 4.77. The van der Waals surface area contributed by atoms with E-state index in [1.54, 1.807) is 0 Å². The highest BCUT2D eigenvalue weighted by atomic mass is 19.1. The first-order valence-electron chi connectivity index (χ1n) is 5.41. The van der Waals surface area contributed by atoms with Crippen molar-refractivity contribution in [3.05, 3.63) is 30.1 Å². The van der Waals surface area contributed by atoms with Crippen LogP contribution in [0.25, 0.3) is 0 Å². The lowest BCUT2D eigenvalue weighted by molar-refractivity contribution is 0.159. The van der Waals surface area contributed by atoms with Crippen molar-refractivity contribution < 1.29 is 13.9 Å². The summed E-state index contributed by atoms with van der Waals surface area (Å²) in [5.41, 5.74) is 0.530. The molecule has 1 aromatic carbocycles. The molecule has 0 aromatic heterocycles. The quantitative estimate of drug-likeness (QED) is 0.778. The Kier molecular flexibility index (Phi) is 5.32. The van der Waals surface area contributed by atoms with Gasteiger partial charge in [-0.15, -0.1) is 0 Å². The SMILES string of the molecule is CCCCCOC(=O)Nc1ccc(F)cc1. The lowest BCUT2D eigenvalue weighted by Crippen LogP contribution is -2.14. The van der Waals surface area contributed by atoms with Gasteiger partial charge in [0.05, 0.1) is 6.61 Å². The molecule has 0 atom stereocenters. The van der Waals surface area contributed by atoms with E-state index in [0.29, 0.717) is 12.3 Å². The Balaban J connectivity index is 2.26. The van der Waals surface area contributed by atoms with Gasteiger partial charge in [0.25, 0.3) is 0 Å². The van der Waals surface area contributed by atoms with Gasteiger partial charge in [0.1, 0.15) is 5.82 Å². The highest BCUT2D eigenvalue weighted by Gasteiger charge is 2.02. The number of carbonyl (C=O) groups is 1. The molecule has 0 aliphatic heterocycles. The number of unbranched alkanes of at least 4 members (excludes halogenated alkanes) is 2. The third-order valence-electron chi connectivity index (χ3n) is 2.07. The van der Waals surface area contributed by atoms with Gasteiger partial charge in [0.15, 0.2) is 0 Å². The van der Waals surface area contributed by atoms with E-state index in [1.807, 2.05) is 0 Å². The molecule has 0 saturated heterocycles. The predicted octanol–water partition coefficient (Wildman–Crippen LogP) is 3.56. The smallest absolute Gasteiger partial charge is 0.411 e. The molecule has 0 saturated carbocycles. The van der Waals surface area contributed by atoms with E-state index in [0.717, 1.165) is 19.3 Å². The van der Waals surface area contributed by atoms with Crippen LogP contribution in [0.2, 0.25) is 0 Å². The van der Waals surface area contributed by atoms with E-state index in [4.69, 9.17) is 4.74 Å².